The summed E-state index contributed by atoms with van der Waals surface area (Å²) < 4.78 is 38.6. The van der Waals surface area contributed by atoms with Gasteiger partial charge in [-0.3, -0.25) is 4.79 Å². The number of amides is 1. The Hall–Kier alpha value is -3.16. The third-order valence-corrected chi connectivity index (χ3v) is 3.79. The van der Waals surface area contributed by atoms with Crippen LogP contribution in [0.4, 0.5) is 8.78 Å². The van der Waals surface area contributed by atoms with E-state index in [-0.39, 0.29) is 11.3 Å². The van der Waals surface area contributed by atoms with E-state index in [0.717, 1.165) is 11.1 Å². The Bertz CT molecular complexity index is 809. The maximum absolute atomic E-state index is 12.1. The molecule has 0 saturated carbocycles. The second kappa shape index (κ2) is 10.2. The predicted octanol–water partition coefficient (Wildman–Crippen LogP) is 3.12. The molecule has 0 atom stereocenters. The molecule has 0 aliphatic carbocycles. The van der Waals surface area contributed by atoms with Crippen molar-refractivity contribution in [3.05, 3.63) is 59.2 Å². The number of alkyl halides is 2. The second-order valence-corrected chi connectivity index (χ2v) is 5.90. The van der Waals surface area contributed by atoms with Gasteiger partial charge in [-0.25, -0.2) is 4.79 Å². The van der Waals surface area contributed by atoms with Gasteiger partial charge in [-0.2, -0.15) is 8.78 Å². The van der Waals surface area contributed by atoms with Crippen molar-refractivity contribution in [2.45, 2.75) is 20.0 Å². The minimum atomic E-state index is -2.87. The molecular weight excluding hydrogens is 372 g/mol. The average molecular weight is 393 g/mol. The van der Waals surface area contributed by atoms with Crippen molar-refractivity contribution in [3.8, 4) is 11.5 Å². The highest BCUT2D eigenvalue weighted by Gasteiger charge is 2.15. The van der Waals surface area contributed by atoms with Crippen LogP contribution < -0.4 is 14.8 Å². The standard InChI is InChI=1S/C20H21F2NO5/c1-13-3-8-17(26-2)16(11-13)19(25)27-12-18(24)23-10-9-14-4-6-15(7-5-14)28-20(21)22/h3-8,11,20H,9-10,12H2,1-2H3,(H,23,24). The summed E-state index contributed by atoms with van der Waals surface area (Å²) in [5.41, 5.74) is 1.95. The number of hydrogen-bond acceptors (Lipinski definition) is 5. The van der Waals surface area contributed by atoms with E-state index < -0.39 is 25.1 Å². The first kappa shape index (κ1) is 21.1. The molecule has 150 valence electrons. The third kappa shape index (κ3) is 6.53. The van der Waals surface area contributed by atoms with E-state index in [4.69, 9.17) is 9.47 Å². The van der Waals surface area contributed by atoms with Crippen molar-refractivity contribution >= 4 is 11.9 Å². The van der Waals surface area contributed by atoms with Crippen LogP contribution in [0.25, 0.3) is 0 Å². The van der Waals surface area contributed by atoms with E-state index in [2.05, 4.69) is 10.1 Å². The van der Waals surface area contributed by atoms with Crippen LogP contribution in [-0.4, -0.2) is 38.7 Å². The zero-order valence-corrected chi connectivity index (χ0v) is 15.5. The van der Waals surface area contributed by atoms with E-state index in [9.17, 15) is 18.4 Å². The summed E-state index contributed by atoms with van der Waals surface area (Å²) in [4.78, 5) is 24.0. The lowest BCUT2D eigenvalue weighted by atomic mass is 10.1. The highest BCUT2D eigenvalue weighted by molar-refractivity contribution is 5.94. The van der Waals surface area contributed by atoms with Gasteiger partial charge in [-0.05, 0) is 43.2 Å². The van der Waals surface area contributed by atoms with Crippen LogP contribution in [0, 0.1) is 6.92 Å². The Morgan fingerprint density at radius 1 is 1.11 bits per heavy atom. The van der Waals surface area contributed by atoms with Gasteiger partial charge in [0.2, 0.25) is 0 Å². The van der Waals surface area contributed by atoms with Crippen molar-refractivity contribution in [1.29, 1.82) is 0 Å². The Morgan fingerprint density at radius 2 is 1.82 bits per heavy atom. The number of carbonyl (C=O) groups is 2. The summed E-state index contributed by atoms with van der Waals surface area (Å²) >= 11 is 0. The highest BCUT2D eigenvalue weighted by atomic mass is 19.3. The second-order valence-electron chi connectivity index (χ2n) is 5.90. The number of nitrogens with one attached hydrogen (secondary N) is 1. The molecule has 0 heterocycles. The summed E-state index contributed by atoms with van der Waals surface area (Å²) in [7, 11) is 1.44. The molecule has 0 spiro atoms. The van der Waals surface area contributed by atoms with Crippen LogP contribution in [0.5, 0.6) is 11.5 Å². The number of halogens is 2. The summed E-state index contributed by atoms with van der Waals surface area (Å²) in [6.45, 7) is -1.15. The number of carbonyl (C=O) groups excluding carboxylic acids is 2. The van der Waals surface area contributed by atoms with Crippen LogP contribution in [0.15, 0.2) is 42.5 Å². The van der Waals surface area contributed by atoms with E-state index >= 15 is 0 Å². The molecule has 8 heteroatoms. The number of methoxy groups -OCH3 is 1. The fourth-order valence-corrected chi connectivity index (χ4v) is 2.43. The van der Waals surface area contributed by atoms with Gasteiger partial charge in [0.1, 0.15) is 17.1 Å². The fourth-order valence-electron chi connectivity index (χ4n) is 2.43. The number of aryl methyl sites for hydroxylation is 1. The molecule has 0 radical (unpaired) electrons. The molecule has 0 unspecified atom stereocenters. The molecule has 6 nitrogen and oxygen atoms in total. The molecule has 0 aromatic heterocycles. The lowest BCUT2D eigenvalue weighted by Gasteiger charge is -2.10. The Labute approximate surface area is 161 Å². The topological polar surface area (TPSA) is 73.9 Å². The van der Waals surface area contributed by atoms with Crippen LogP contribution >= 0.6 is 0 Å². The third-order valence-electron chi connectivity index (χ3n) is 3.79. The van der Waals surface area contributed by atoms with Gasteiger partial charge in [0, 0.05) is 6.54 Å². The fraction of sp³-hybridized carbons (Fsp3) is 0.300. The first-order chi connectivity index (χ1) is 13.4. The van der Waals surface area contributed by atoms with E-state index in [1.54, 1.807) is 30.3 Å². The van der Waals surface area contributed by atoms with Crippen molar-refractivity contribution in [2.75, 3.05) is 20.3 Å². The smallest absolute Gasteiger partial charge is 0.387 e. The molecule has 1 amide bonds. The zero-order valence-electron chi connectivity index (χ0n) is 15.5. The minimum absolute atomic E-state index is 0.0706. The molecule has 0 bridgehead atoms. The van der Waals surface area contributed by atoms with Gasteiger partial charge in [0.05, 0.1) is 7.11 Å². The first-order valence-corrected chi connectivity index (χ1v) is 8.51. The molecule has 0 saturated heterocycles. The minimum Gasteiger partial charge on any atom is -0.496 e. The quantitative estimate of drug-likeness (QED) is 0.663. The summed E-state index contributed by atoms with van der Waals surface area (Å²) in [6, 6.07) is 11.2. The normalized spacial score (nSPS) is 10.5. The SMILES string of the molecule is COc1ccc(C)cc1C(=O)OCC(=O)NCCc1ccc(OC(F)F)cc1. The molecule has 1 N–H and O–H groups in total. The van der Waals surface area contributed by atoms with Crippen LogP contribution in [-0.2, 0) is 16.0 Å². The lowest BCUT2D eigenvalue weighted by molar-refractivity contribution is -0.124. The van der Waals surface area contributed by atoms with Crippen molar-refractivity contribution in [3.63, 3.8) is 0 Å². The summed E-state index contributed by atoms with van der Waals surface area (Å²) in [6.07, 6.45) is 0.486. The molecule has 0 aliphatic heterocycles. The molecule has 0 fully saturated rings. The number of rotatable bonds is 9. The van der Waals surface area contributed by atoms with Gasteiger partial charge in [-0.1, -0.05) is 23.8 Å². The van der Waals surface area contributed by atoms with Crippen LogP contribution in [0.2, 0.25) is 0 Å². The number of ether oxygens (including phenoxy) is 3. The number of benzene rings is 2. The van der Waals surface area contributed by atoms with Crippen molar-refractivity contribution < 1.29 is 32.6 Å². The van der Waals surface area contributed by atoms with Crippen molar-refractivity contribution in [1.82, 2.24) is 5.32 Å². The Morgan fingerprint density at radius 3 is 2.46 bits per heavy atom. The van der Waals surface area contributed by atoms with E-state index in [0.29, 0.717) is 18.7 Å². The highest BCUT2D eigenvalue weighted by Crippen LogP contribution is 2.20. The van der Waals surface area contributed by atoms with Gasteiger partial charge >= 0.3 is 12.6 Å². The first-order valence-electron chi connectivity index (χ1n) is 8.51. The molecule has 2 aromatic carbocycles. The molecule has 28 heavy (non-hydrogen) atoms. The predicted molar refractivity (Wildman–Crippen MR) is 97.8 cm³/mol. The zero-order chi connectivity index (χ0) is 20.5. The molecule has 0 aliphatic rings. The Balaban J connectivity index is 1.75. The lowest BCUT2D eigenvalue weighted by Crippen LogP contribution is -2.30. The van der Waals surface area contributed by atoms with Crippen LogP contribution in [0.3, 0.4) is 0 Å². The van der Waals surface area contributed by atoms with Crippen molar-refractivity contribution in [2.24, 2.45) is 0 Å². The number of hydrogen-bond donors (Lipinski definition) is 1. The van der Waals surface area contributed by atoms with E-state index in [1.807, 2.05) is 6.92 Å². The van der Waals surface area contributed by atoms with Crippen LogP contribution in [0.1, 0.15) is 21.5 Å². The van der Waals surface area contributed by atoms with Gasteiger partial charge < -0.3 is 19.5 Å². The summed E-state index contributed by atoms with van der Waals surface area (Å²) in [5, 5.41) is 2.63. The largest absolute Gasteiger partial charge is 0.496 e. The van der Waals surface area contributed by atoms with Gasteiger partial charge in [0.25, 0.3) is 5.91 Å². The average Bonchev–Trinajstić information content (AvgIpc) is 2.67. The maximum Gasteiger partial charge on any atom is 0.387 e. The van der Waals surface area contributed by atoms with Gasteiger partial charge in [-0.15, -0.1) is 0 Å². The monoisotopic (exact) mass is 393 g/mol. The number of esters is 1. The maximum atomic E-state index is 12.1. The molecular formula is C20H21F2NO5. The Kier molecular flexibility index (Phi) is 7.74. The van der Waals surface area contributed by atoms with Gasteiger partial charge in [0.15, 0.2) is 6.61 Å². The van der Waals surface area contributed by atoms with E-state index in [1.165, 1.54) is 19.2 Å². The molecule has 2 rings (SSSR count). The summed E-state index contributed by atoms with van der Waals surface area (Å²) in [5.74, 6) is -0.653. The molecule has 2 aromatic rings.